The number of hydrogen-bond donors (Lipinski definition) is 1. The van der Waals surface area contributed by atoms with Gasteiger partial charge >= 0.3 is 0 Å². The maximum atomic E-state index is 5.59. The summed E-state index contributed by atoms with van der Waals surface area (Å²) in [4.78, 5) is 16.1. The topological polar surface area (TPSA) is 89.2 Å². The van der Waals surface area contributed by atoms with Crippen molar-refractivity contribution >= 4 is 22.5 Å². The van der Waals surface area contributed by atoms with E-state index in [1.165, 1.54) is 0 Å². The average molecular weight is 416 g/mol. The number of fused-ring (bicyclic) bond motifs is 1. The van der Waals surface area contributed by atoms with Gasteiger partial charge in [0.2, 0.25) is 11.7 Å². The van der Waals surface area contributed by atoms with Gasteiger partial charge in [0.1, 0.15) is 22.9 Å². The van der Waals surface area contributed by atoms with E-state index < -0.39 is 0 Å². The number of para-hydroxylation sites is 1. The van der Waals surface area contributed by atoms with Gasteiger partial charge in [-0.2, -0.15) is 4.98 Å². The van der Waals surface area contributed by atoms with Crippen molar-refractivity contribution in [2.45, 2.75) is 18.8 Å². The van der Waals surface area contributed by atoms with Crippen LogP contribution in [0.1, 0.15) is 24.7 Å². The molecule has 4 heterocycles. The first-order valence-corrected chi connectivity index (χ1v) is 10.4. The molecule has 1 saturated heterocycles. The molecule has 1 fully saturated rings. The molecule has 0 aliphatic carbocycles. The van der Waals surface area contributed by atoms with Gasteiger partial charge in [0.05, 0.1) is 7.11 Å². The van der Waals surface area contributed by atoms with Crippen LogP contribution in [0.5, 0.6) is 5.75 Å². The minimum absolute atomic E-state index is 0.247. The summed E-state index contributed by atoms with van der Waals surface area (Å²) in [6, 6.07) is 14.0. The zero-order chi connectivity index (χ0) is 21.2. The van der Waals surface area contributed by atoms with E-state index in [0.717, 1.165) is 59.8 Å². The molecule has 5 rings (SSSR count). The van der Waals surface area contributed by atoms with E-state index in [2.05, 4.69) is 43.5 Å². The van der Waals surface area contributed by atoms with E-state index in [1.807, 2.05) is 31.3 Å². The maximum Gasteiger partial charge on any atom is 0.230 e. The van der Waals surface area contributed by atoms with Crippen LogP contribution in [-0.2, 0) is 0 Å². The molecule has 1 N–H and O–H groups in total. The molecule has 31 heavy (non-hydrogen) atoms. The van der Waals surface area contributed by atoms with E-state index >= 15 is 0 Å². The van der Waals surface area contributed by atoms with Gasteiger partial charge in [-0.1, -0.05) is 17.3 Å². The zero-order valence-corrected chi connectivity index (χ0v) is 17.6. The second kappa shape index (κ2) is 8.22. The minimum atomic E-state index is 0.247. The lowest BCUT2D eigenvalue weighted by Gasteiger charge is -2.31. The molecule has 8 nitrogen and oxygen atoms in total. The first-order valence-electron chi connectivity index (χ1n) is 10.4. The first-order chi connectivity index (χ1) is 15.2. The Bertz CT molecular complexity index is 1180. The van der Waals surface area contributed by atoms with E-state index in [4.69, 9.17) is 14.2 Å². The van der Waals surface area contributed by atoms with Crippen LogP contribution in [0.25, 0.3) is 22.3 Å². The Kier molecular flexibility index (Phi) is 5.11. The van der Waals surface area contributed by atoms with Crippen LogP contribution in [0, 0.1) is 0 Å². The van der Waals surface area contributed by atoms with Crippen molar-refractivity contribution in [3.05, 3.63) is 54.6 Å². The fourth-order valence-electron chi connectivity index (χ4n) is 4.00. The molecule has 3 aromatic heterocycles. The maximum absolute atomic E-state index is 5.59. The normalized spacial score (nSPS) is 14.7. The van der Waals surface area contributed by atoms with Gasteiger partial charge in [0.25, 0.3) is 0 Å². The molecule has 0 unspecified atom stereocenters. The molecule has 4 aromatic rings. The Morgan fingerprint density at radius 2 is 1.94 bits per heavy atom. The number of aromatic nitrogens is 4. The second-order valence-corrected chi connectivity index (χ2v) is 7.60. The predicted molar refractivity (Wildman–Crippen MR) is 120 cm³/mol. The predicted octanol–water partition coefficient (Wildman–Crippen LogP) is 4.11. The third-order valence-corrected chi connectivity index (χ3v) is 5.78. The Morgan fingerprint density at radius 1 is 1.06 bits per heavy atom. The molecule has 158 valence electrons. The summed E-state index contributed by atoms with van der Waals surface area (Å²) in [5, 5.41) is 8.24. The molecular weight excluding hydrogens is 392 g/mol. The number of hydrogen-bond acceptors (Lipinski definition) is 8. The molecule has 8 heteroatoms. The van der Waals surface area contributed by atoms with Gasteiger partial charge in [-0.05, 0) is 43.2 Å². The fourth-order valence-corrected chi connectivity index (χ4v) is 4.00. The van der Waals surface area contributed by atoms with Crippen molar-refractivity contribution < 1.29 is 9.26 Å². The van der Waals surface area contributed by atoms with Crippen LogP contribution in [0.15, 0.2) is 53.2 Å². The Morgan fingerprint density at radius 3 is 2.68 bits per heavy atom. The minimum Gasteiger partial charge on any atom is -0.494 e. The summed E-state index contributed by atoms with van der Waals surface area (Å²) < 4.78 is 11.1. The Balaban J connectivity index is 1.28. The summed E-state index contributed by atoms with van der Waals surface area (Å²) in [5.74, 6) is 4.09. The smallest absolute Gasteiger partial charge is 0.230 e. The average Bonchev–Trinajstić information content (AvgIpc) is 3.34. The van der Waals surface area contributed by atoms with Crippen LogP contribution in [0.3, 0.4) is 0 Å². The first kappa shape index (κ1) is 19.3. The molecule has 1 aliphatic rings. The van der Waals surface area contributed by atoms with Gasteiger partial charge in [0, 0.05) is 43.2 Å². The lowest BCUT2D eigenvalue weighted by molar-refractivity contribution is 0.329. The van der Waals surface area contributed by atoms with Crippen molar-refractivity contribution in [1.29, 1.82) is 0 Å². The summed E-state index contributed by atoms with van der Waals surface area (Å²) in [6.45, 7) is 1.77. The van der Waals surface area contributed by atoms with Gasteiger partial charge in [0.15, 0.2) is 0 Å². The molecule has 1 aromatic carbocycles. The number of piperidine rings is 1. The quantitative estimate of drug-likeness (QED) is 0.520. The highest BCUT2D eigenvalue weighted by atomic mass is 16.5. The van der Waals surface area contributed by atoms with E-state index in [1.54, 1.807) is 13.3 Å². The van der Waals surface area contributed by atoms with E-state index in [-0.39, 0.29) is 5.92 Å². The summed E-state index contributed by atoms with van der Waals surface area (Å²) in [5.41, 5.74) is 1.74. The molecule has 0 saturated carbocycles. The van der Waals surface area contributed by atoms with Gasteiger partial charge in [-0.25, -0.2) is 9.97 Å². The molecule has 0 spiro atoms. The molecule has 0 amide bonds. The zero-order valence-electron chi connectivity index (χ0n) is 17.6. The monoisotopic (exact) mass is 416 g/mol. The highest BCUT2D eigenvalue weighted by molar-refractivity contribution is 5.86. The van der Waals surface area contributed by atoms with Gasteiger partial charge in [-0.15, -0.1) is 0 Å². The second-order valence-electron chi connectivity index (χ2n) is 7.60. The molecule has 0 radical (unpaired) electrons. The number of pyridine rings is 2. The fraction of sp³-hybridized carbons (Fsp3) is 0.304. The molecule has 0 bridgehead atoms. The summed E-state index contributed by atoms with van der Waals surface area (Å²) in [6.07, 6.45) is 3.62. The number of ether oxygens (including phenoxy) is 1. The van der Waals surface area contributed by atoms with Crippen LogP contribution < -0.4 is 15.0 Å². The van der Waals surface area contributed by atoms with Crippen LogP contribution in [0.4, 0.5) is 11.6 Å². The van der Waals surface area contributed by atoms with Crippen molar-refractivity contribution in [3.63, 3.8) is 0 Å². The molecule has 0 atom stereocenters. The summed E-state index contributed by atoms with van der Waals surface area (Å²) >= 11 is 0. The SMILES string of the molecule is CNc1ccc(-c2noc(C3CCN(c4ccc5cccc(OC)c5n4)CC3)n2)cn1. The van der Waals surface area contributed by atoms with Crippen molar-refractivity contribution in [2.75, 3.05) is 37.5 Å². The van der Waals surface area contributed by atoms with Crippen LogP contribution in [0.2, 0.25) is 0 Å². The van der Waals surface area contributed by atoms with E-state index in [9.17, 15) is 0 Å². The number of methoxy groups -OCH3 is 1. The third kappa shape index (κ3) is 3.76. The number of anilines is 2. The van der Waals surface area contributed by atoms with Gasteiger partial charge < -0.3 is 19.5 Å². The lowest BCUT2D eigenvalue weighted by Crippen LogP contribution is -2.33. The van der Waals surface area contributed by atoms with Crippen LogP contribution in [-0.4, -0.2) is 47.4 Å². The highest BCUT2D eigenvalue weighted by Gasteiger charge is 2.26. The highest BCUT2D eigenvalue weighted by Crippen LogP contribution is 2.32. The Labute approximate surface area is 180 Å². The third-order valence-electron chi connectivity index (χ3n) is 5.78. The van der Waals surface area contributed by atoms with Crippen molar-refractivity contribution in [3.8, 4) is 17.1 Å². The lowest BCUT2D eigenvalue weighted by atomic mass is 9.96. The number of benzene rings is 1. The number of rotatable bonds is 5. The van der Waals surface area contributed by atoms with E-state index in [0.29, 0.717) is 11.7 Å². The largest absolute Gasteiger partial charge is 0.494 e. The Hall–Kier alpha value is -3.68. The number of nitrogens with one attached hydrogen (secondary N) is 1. The van der Waals surface area contributed by atoms with Gasteiger partial charge in [-0.3, -0.25) is 0 Å². The molecular formula is C23H24N6O2. The van der Waals surface area contributed by atoms with Crippen LogP contribution >= 0.6 is 0 Å². The summed E-state index contributed by atoms with van der Waals surface area (Å²) in [7, 11) is 3.52. The number of nitrogens with zero attached hydrogens (tertiary/aromatic N) is 5. The molecule has 1 aliphatic heterocycles. The van der Waals surface area contributed by atoms with Crippen molar-refractivity contribution in [1.82, 2.24) is 20.1 Å². The van der Waals surface area contributed by atoms with Crippen molar-refractivity contribution in [2.24, 2.45) is 0 Å². The standard InChI is InChI=1S/C23H24N6O2/c1-24-19-8-6-17(14-25-19)22-27-23(31-28-22)16-10-12-29(13-11-16)20-9-7-15-4-3-5-18(30-2)21(15)26-20/h3-9,14,16H,10-13H2,1-2H3,(H,24,25).